The summed E-state index contributed by atoms with van der Waals surface area (Å²) in [6.07, 6.45) is 3.97. The Balaban J connectivity index is 2.08. The monoisotopic (exact) mass is 236 g/mol. The number of fused-ring (bicyclic) bond motifs is 5. The molecule has 0 amide bonds. The highest BCUT2D eigenvalue weighted by atomic mass is 16.3. The number of rotatable bonds is 0. The molecule has 3 heteroatoms. The summed E-state index contributed by atoms with van der Waals surface area (Å²) in [7, 11) is 0. The van der Waals surface area contributed by atoms with E-state index >= 15 is 0 Å². The molecule has 3 nitrogen and oxygen atoms in total. The van der Waals surface area contributed by atoms with Gasteiger partial charge in [0.2, 0.25) is 0 Å². The van der Waals surface area contributed by atoms with Crippen molar-refractivity contribution in [3.8, 4) is 17.0 Å². The van der Waals surface area contributed by atoms with Crippen molar-refractivity contribution >= 4 is 10.8 Å². The third-order valence-corrected chi connectivity index (χ3v) is 3.75. The number of phenols is 1. The van der Waals surface area contributed by atoms with Crippen LogP contribution in [-0.4, -0.2) is 15.3 Å². The second kappa shape index (κ2) is 3.35. The Labute approximate surface area is 104 Å². The largest absolute Gasteiger partial charge is 0.508 e. The Bertz CT molecular complexity index is 758. The number of hydrogen-bond donors (Lipinski definition) is 2. The van der Waals surface area contributed by atoms with Crippen LogP contribution >= 0.6 is 0 Å². The quantitative estimate of drug-likeness (QED) is 0.630. The fraction of sp³-hybridized carbons (Fsp3) is 0.133. The van der Waals surface area contributed by atoms with E-state index in [9.17, 15) is 5.11 Å². The van der Waals surface area contributed by atoms with Crippen LogP contribution < -0.4 is 0 Å². The van der Waals surface area contributed by atoms with Gasteiger partial charge < -0.3 is 5.11 Å². The van der Waals surface area contributed by atoms with Gasteiger partial charge in [-0.3, -0.25) is 5.10 Å². The zero-order chi connectivity index (χ0) is 12.1. The van der Waals surface area contributed by atoms with Gasteiger partial charge in [0.1, 0.15) is 5.75 Å². The number of aromatic nitrogens is 2. The fourth-order valence-corrected chi connectivity index (χ4v) is 2.88. The number of hydrogen-bond acceptors (Lipinski definition) is 2. The molecule has 0 spiro atoms. The Morgan fingerprint density at radius 3 is 3.00 bits per heavy atom. The van der Waals surface area contributed by atoms with Crippen LogP contribution in [0.25, 0.3) is 22.0 Å². The molecule has 0 radical (unpaired) electrons. The van der Waals surface area contributed by atoms with Gasteiger partial charge in [0, 0.05) is 5.56 Å². The number of aromatic hydroxyl groups is 1. The first kappa shape index (κ1) is 9.71. The Hall–Kier alpha value is -2.29. The predicted molar refractivity (Wildman–Crippen MR) is 70.6 cm³/mol. The van der Waals surface area contributed by atoms with Gasteiger partial charge in [0.25, 0.3) is 0 Å². The van der Waals surface area contributed by atoms with Gasteiger partial charge in [-0.25, -0.2) is 0 Å². The predicted octanol–water partition coefficient (Wildman–Crippen LogP) is 3.03. The maximum absolute atomic E-state index is 9.54. The number of aromatic amines is 1. The summed E-state index contributed by atoms with van der Waals surface area (Å²) in [5.41, 5.74) is 5.03. The minimum atomic E-state index is 0.320. The van der Waals surface area contributed by atoms with Crippen LogP contribution in [0.3, 0.4) is 0 Å². The summed E-state index contributed by atoms with van der Waals surface area (Å²) < 4.78 is 0. The molecule has 4 rings (SSSR count). The summed E-state index contributed by atoms with van der Waals surface area (Å²) in [4.78, 5) is 0. The molecule has 2 aromatic carbocycles. The van der Waals surface area contributed by atoms with Gasteiger partial charge in [-0.2, -0.15) is 5.10 Å². The van der Waals surface area contributed by atoms with Crippen molar-refractivity contribution in [2.45, 2.75) is 12.8 Å². The zero-order valence-electron chi connectivity index (χ0n) is 9.77. The van der Waals surface area contributed by atoms with E-state index in [1.54, 1.807) is 6.07 Å². The van der Waals surface area contributed by atoms with Crippen molar-refractivity contribution in [3.05, 3.63) is 47.7 Å². The van der Waals surface area contributed by atoms with Crippen molar-refractivity contribution < 1.29 is 5.11 Å². The molecule has 2 N–H and O–H groups in total. The average Bonchev–Trinajstić information content (AvgIpc) is 2.86. The van der Waals surface area contributed by atoms with Crippen LogP contribution in [0.5, 0.6) is 5.75 Å². The lowest BCUT2D eigenvalue weighted by molar-refractivity contribution is 0.476. The van der Waals surface area contributed by atoms with Crippen molar-refractivity contribution in [2.75, 3.05) is 0 Å². The average molecular weight is 236 g/mol. The van der Waals surface area contributed by atoms with E-state index in [0.717, 1.165) is 23.9 Å². The molecular weight excluding hydrogens is 224 g/mol. The van der Waals surface area contributed by atoms with E-state index in [0.29, 0.717) is 5.75 Å². The molecule has 0 aliphatic heterocycles. The van der Waals surface area contributed by atoms with Crippen LogP contribution in [0.15, 0.2) is 36.5 Å². The van der Waals surface area contributed by atoms with Gasteiger partial charge in [-0.1, -0.05) is 18.2 Å². The van der Waals surface area contributed by atoms with E-state index in [4.69, 9.17) is 0 Å². The van der Waals surface area contributed by atoms with Crippen LogP contribution in [-0.2, 0) is 12.8 Å². The van der Waals surface area contributed by atoms with Gasteiger partial charge in [-0.15, -0.1) is 0 Å². The molecule has 0 bridgehead atoms. The van der Waals surface area contributed by atoms with Crippen molar-refractivity contribution in [1.29, 1.82) is 0 Å². The second-order valence-electron chi connectivity index (χ2n) is 4.77. The number of nitrogens with zero attached hydrogens (tertiary/aromatic N) is 1. The molecule has 1 aromatic heterocycles. The number of benzene rings is 2. The molecular formula is C15H12N2O. The van der Waals surface area contributed by atoms with E-state index in [1.807, 2.05) is 18.3 Å². The molecule has 88 valence electrons. The van der Waals surface area contributed by atoms with E-state index in [1.165, 1.54) is 22.1 Å². The lowest BCUT2D eigenvalue weighted by Gasteiger charge is -2.18. The third-order valence-electron chi connectivity index (χ3n) is 3.75. The molecule has 3 aromatic rings. The van der Waals surface area contributed by atoms with E-state index in [2.05, 4.69) is 22.3 Å². The van der Waals surface area contributed by atoms with Gasteiger partial charge in [0.05, 0.1) is 11.9 Å². The number of aryl methyl sites for hydroxylation is 2. The summed E-state index contributed by atoms with van der Waals surface area (Å²) >= 11 is 0. The second-order valence-corrected chi connectivity index (χ2v) is 4.77. The number of nitrogens with one attached hydrogen (secondary N) is 1. The lowest BCUT2D eigenvalue weighted by atomic mass is 9.87. The SMILES string of the molecule is Oc1ccc2c3c(ccc2c1)-c1[nH]ncc1CC3. The maximum Gasteiger partial charge on any atom is 0.116 e. The highest BCUT2D eigenvalue weighted by Gasteiger charge is 2.19. The van der Waals surface area contributed by atoms with E-state index in [-0.39, 0.29) is 0 Å². The normalized spacial score (nSPS) is 13.3. The van der Waals surface area contributed by atoms with Crippen LogP contribution in [0.1, 0.15) is 11.1 Å². The highest BCUT2D eigenvalue weighted by molar-refractivity contribution is 5.93. The van der Waals surface area contributed by atoms with Crippen LogP contribution in [0, 0.1) is 0 Å². The first-order chi connectivity index (χ1) is 8.83. The van der Waals surface area contributed by atoms with Crippen molar-refractivity contribution in [2.24, 2.45) is 0 Å². The van der Waals surface area contributed by atoms with E-state index < -0.39 is 0 Å². The van der Waals surface area contributed by atoms with Crippen molar-refractivity contribution in [3.63, 3.8) is 0 Å². The summed E-state index contributed by atoms with van der Waals surface area (Å²) in [6, 6.07) is 9.76. The Morgan fingerprint density at radius 2 is 2.06 bits per heavy atom. The Kier molecular flexibility index (Phi) is 1.81. The molecule has 1 aliphatic rings. The molecule has 0 unspecified atom stereocenters. The third kappa shape index (κ3) is 1.21. The molecule has 0 atom stereocenters. The molecule has 0 saturated heterocycles. The van der Waals surface area contributed by atoms with Gasteiger partial charge in [-0.05, 0) is 46.9 Å². The van der Waals surface area contributed by atoms with Gasteiger partial charge in [0.15, 0.2) is 0 Å². The summed E-state index contributed by atoms with van der Waals surface area (Å²) in [5.74, 6) is 0.320. The fourth-order valence-electron chi connectivity index (χ4n) is 2.88. The molecule has 1 heterocycles. The number of H-pyrrole nitrogens is 1. The summed E-state index contributed by atoms with van der Waals surface area (Å²) in [6.45, 7) is 0. The minimum absolute atomic E-state index is 0.320. The Morgan fingerprint density at radius 1 is 1.11 bits per heavy atom. The van der Waals surface area contributed by atoms with Crippen LogP contribution in [0.2, 0.25) is 0 Å². The van der Waals surface area contributed by atoms with Gasteiger partial charge >= 0.3 is 0 Å². The lowest BCUT2D eigenvalue weighted by Crippen LogP contribution is -2.03. The zero-order valence-corrected chi connectivity index (χ0v) is 9.77. The molecule has 0 fully saturated rings. The topological polar surface area (TPSA) is 48.9 Å². The maximum atomic E-state index is 9.54. The van der Waals surface area contributed by atoms with Crippen molar-refractivity contribution in [1.82, 2.24) is 10.2 Å². The molecule has 0 saturated carbocycles. The first-order valence-corrected chi connectivity index (χ1v) is 6.10. The highest BCUT2D eigenvalue weighted by Crippen LogP contribution is 2.36. The summed E-state index contributed by atoms with van der Waals surface area (Å²) in [5, 5.41) is 19.1. The smallest absolute Gasteiger partial charge is 0.116 e. The van der Waals surface area contributed by atoms with Crippen LogP contribution in [0.4, 0.5) is 0 Å². The standard InChI is InChI=1S/C15H12N2O/c18-11-3-6-12-9(7-11)1-5-14-13(12)4-2-10-8-16-17-15(10)14/h1,3,5-8,18H,2,4H2,(H,16,17). The minimum Gasteiger partial charge on any atom is -0.508 e. The molecule has 1 aliphatic carbocycles. The molecule has 18 heavy (non-hydrogen) atoms. The first-order valence-electron chi connectivity index (χ1n) is 6.10. The number of phenolic OH excluding ortho intramolecular Hbond substituents is 1.